The highest BCUT2D eigenvalue weighted by atomic mass is 32.2. The number of phenols is 2. The van der Waals surface area contributed by atoms with E-state index in [1.807, 2.05) is 0 Å². The number of phenolic OH excluding ortho intramolecular Hbond substituents is 2. The lowest BCUT2D eigenvalue weighted by atomic mass is 10.1. The number of aryl methyl sites for hydroxylation is 1. The maximum Gasteiger partial charge on any atom is 0.182 e. The Balaban J connectivity index is 2.00. The van der Waals surface area contributed by atoms with Gasteiger partial charge in [-0.15, -0.1) is 0 Å². The Labute approximate surface area is 213 Å². The highest BCUT2D eigenvalue weighted by molar-refractivity contribution is 7.91. The zero-order valence-electron chi connectivity index (χ0n) is 20.5. The van der Waals surface area contributed by atoms with E-state index in [2.05, 4.69) is 6.92 Å². The molecule has 0 bridgehead atoms. The first-order chi connectivity index (χ1) is 17.0. The van der Waals surface area contributed by atoms with Crippen molar-refractivity contribution in [1.82, 2.24) is 0 Å². The number of sulfone groups is 2. The fourth-order valence-corrected chi connectivity index (χ4v) is 6.60. The Hall–Kier alpha value is -3.04. The molecule has 194 valence electrons. The maximum absolute atomic E-state index is 13.2. The van der Waals surface area contributed by atoms with Crippen LogP contribution in [0.3, 0.4) is 0 Å². The summed E-state index contributed by atoms with van der Waals surface area (Å²) in [6.45, 7) is 4.21. The normalized spacial score (nSPS) is 11.9. The smallest absolute Gasteiger partial charge is 0.182 e. The molecule has 0 aromatic heterocycles. The molecule has 0 aliphatic rings. The van der Waals surface area contributed by atoms with Crippen LogP contribution in [0.4, 0.5) is 0 Å². The molecule has 0 fully saturated rings. The lowest BCUT2D eigenvalue weighted by molar-refractivity contribution is 0.300. The topological polar surface area (TPSA) is 118 Å². The monoisotopic (exact) mass is 532 g/mol. The first kappa shape index (κ1) is 27.5. The van der Waals surface area contributed by atoms with E-state index in [1.165, 1.54) is 48.5 Å². The molecule has 0 radical (unpaired) electrons. The molecule has 0 unspecified atom stereocenters. The average molecular weight is 533 g/mol. The second-order valence-electron chi connectivity index (χ2n) is 8.83. The third-order valence-electron chi connectivity index (χ3n) is 5.71. The van der Waals surface area contributed by atoms with Gasteiger partial charge in [0, 0.05) is 11.1 Å². The Morgan fingerprint density at radius 2 is 1.14 bits per heavy atom. The van der Waals surface area contributed by atoms with Gasteiger partial charge in [-0.3, -0.25) is 0 Å². The minimum absolute atomic E-state index is 0.0395. The molecule has 0 heterocycles. The number of rotatable bonds is 12. The van der Waals surface area contributed by atoms with Crippen molar-refractivity contribution in [2.24, 2.45) is 0 Å². The van der Waals surface area contributed by atoms with Gasteiger partial charge in [-0.05, 0) is 61.9 Å². The average Bonchev–Trinajstić information content (AvgIpc) is 2.80. The molecule has 36 heavy (non-hydrogen) atoms. The molecule has 9 heteroatoms. The SMILES string of the molecule is CCCCCCOc1c(CS(=O)(=O)c2ccc(O)cc2)cc(C)cc1CS(=O)(=O)c1ccc(O)cc1. The first-order valence-corrected chi connectivity index (χ1v) is 15.1. The van der Waals surface area contributed by atoms with E-state index in [9.17, 15) is 27.0 Å². The number of hydrogen-bond acceptors (Lipinski definition) is 7. The summed E-state index contributed by atoms with van der Waals surface area (Å²) in [5.41, 5.74) is 1.48. The van der Waals surface area contributed by atoms with E-state index in [0.29, 0.717) is 23.3 Å². The van der Waals surface area contributed by atoms with Crippen LogP contribution in [-0.2, 0) is 31.2 Å². The predicted octanol–water partition coefficient (Wildman–Crippen LogP) is 5.31. The van der Waals surface area contributed by atoms with Crippen LogP contribution in [0.25, 0.3) is 0 Å². The summed E-state index contributed by atoms with van der Waals surface area (Å²) in [5.74, 6) is -0.571. The van der Waals surface area contributed by atoms with Crippen molar-refractivity contribution in [3.63, 3.8) is 0 Å². The summed E-state index contributed by atoms with van der Waals surface area (Å²) >= 11 is 0. The molecular weight excluding hydrogens is 500 g/mol. The molecule has 2 N–H and O–H groups in total. The van der Waals surface area contributed by atoms with Crippen LogP contribution in [0.5, 0.6) is 17.2 Å². The molecule has 0 amide bonds. The van der Waals surface area contributed by atoms with Gasteiger partial charge >= 0.3 is 0 Å². The van der Waals surface area contributed by atoms with E-state index in [1.54, 1.807) is 19.1 Å². The molecule has 7 nitrogen and oxygen atoms in total. The molecule has 0 saturated heterocycles. The molecular formula is C27H32O7S2. The molecule has 3 aromatic rings. The van der Waals surface area contributed by atoms with Crippen molar-refractivity contribution in [2.45, 2.75) is 60.8 Å². The standard InChI is InChI=1S/C27H32O7S2/c1-3-4-5-6-15-34-27-21(18-35(30,31)25-11-7-23(28)8-12-25)16-20(2)17-22(27)19-36(32,33)26-13-9-24(29)10-14-26/h7-14,16-17,28-29H,3-6,15,18-19H2,1-2H3. The Morgan fingerprint density at radius 3 is 1.56 bits per heavy atom. The third kappa shape index (κ3) is 7.24. The number of benzene rings is 3. The van der Waals surface area contributed by atoms with Crippen molar-refractivity contribution < 1.29 is 31.8 Å². The minimum atomic E-state index is -3.79. The van der Waals surface area contributed by atoms with Crippen LogP contribution in [0.2, 0.25) is 0 Å². The van der Waals surface area contributed by atoms with Crippen molar-refractivity contribution in [3.8, 4) is 17.2 Å². The van der Waals surface area contributed by atoms with Gasteiger partial charge in [-0.25, -0.2) is 16.8 Å². The van der Waals surface area contributed by atoms with Gasteiger partial charge in [0.1, 0.15) is 17.2 Å². The summed E-state index contributed by atoms with van der Waals surface area (Å²) in [5, 5.41) is 19.0. The van der Waals surface area contributed by atoms with Crippen molar-refractivity contribution in [3.05, 3.63) is 77.4 Å². The van der Waals surface area contributed by atoms with Gasteiger partial charge in [0.05, 0.1) is 27.9 Å². The molecule has 0 saturated carbocycles. The number of ether oxygens (including phenoxy) is 1. The van der Waals surface area contributed by atoms with Gasteiger partial charge in [-0.2, -0.15) is 0 Å². The Bertz CT molecular complexity index is 1280. The third-order valence-corrected chi connectivity index (χ3v) is 9.08. The fourth-order valence-electron chi connectivity index (χ4n) is 3.91. The lowest BCUT2D eigenvalue weighted by Crippen LogP contribution is -2.12. The molecule has 3 rings (SSSR count). The lowest BCUT2D eigenvalue weighted by Gasteiger charge is -2.18. The zero-order chi connectivity index (χ0) is 26.3. The van der Waals surface area contributed by atoms with E-state index < -0.39 is 19.7 Å². The molecule has 0 atom stereocenters. The molecule has 0 aliphatic carbocycles. The summed E-state index contributed by atoms with van der Waals surface area (Å²) in [7, 11) is -7.59. The van der Waals surface area contributed by atoms with E-state index in [0.717, 1.165) is 25.7 Å². The van der Waals surface area contributed by atoms with Crippen LogP contribution >= 0.6 is 0 Å². The summed E-state index contributed by atoms with van der Waals surface area (Å²) in [4.78, 5) is 0.0999. The van der Waals surface area contributed by atoms with Crippen molar-refractivity contribution in [1.29, 1.82) is 0 Å². The predicted molar refractivity (Wildman–Crippen MR) is 139 cm³/mol. The highest BCUT2D eigenvalue weighted by Crippen LogP contribution is 2.33. The van der Waals surface area contributed by atoms with Crippen LogP contribution in [0.15, 0.2) is 70.5 Å². The Morgan fingerprint density at radius 1 is 0.694 bits per heavy atom. The summed E-state index contributed by atoms with van der Waals surface area (Å²) < 4.78 is 58.7. The maximum atomic E-state index is 13.2. The van der Waals surface area contributed by atoms with E-state index in [-0.39, 0.29) is 38.5 Å². The second kappa shape index (κ2) is 11.8. The minimum Gasteiger partial charge on any atom is -0.508 e. The first-order valence-electron chi connectivity index (χ1n) is 11.8. The van der Waals surface area contributed by atoms with Gasteiger partial charge in [0.15, 0.2) is 19.7 Å². The largest absolute Gasteiger partial charge is 0.508 e. The number of unbranched alkanes of at least 4 members (excludes halogenated alkanes) is 3. The molecule has 0 aliphatic heterocycles. The summed E-state index contributed by atoms with van der Waals surface area (Å²) in [6, 6.07) is 14.0. The second-order valence-corrected chi connectivity index (χ2v) is 12.8. The fraction of sp³-hybridized carbons (Fsp3) is 0.333. The van der Waals surface area contributed by atoms with Gasteiger partial charge in [0.2, 0.25) is 0 Å². The summed E-state index contributed by atoms with van der Waals surface area (Å²) in [6.07, 6.45) is 3.80. The van der Waals surface area contributed by atoms with E-state index in [4.69, 9.17) is 4.74 Å². The zero-order valence-corrected chi connectivity index (χ0v) is 22.1. The Kier molecular flexibility index (Phi) is 9.03. The van der Waals surface area contributed by atoms with Crippen LogP contribution in [0, 0.1) is 6.92 Å². The van der Waals surface area contributed by atoms with Crippen molar-refractivity contribution >= 4 is 19.7 Å². The molecule has 3 aromatic carbocycles. The molecule has 0 spiro atoms. The quantitative estimate of drug-likeness (QED) is 0.303. The highest BCUT2D eigenvalue weighted by Gasteiger charge is 2.24. The van der Waals surface area contributed by atoms with Gasteiger partial charge < -0.3 is 14.9 Å². The van der Waals surface area contributed by atoms with E-state index >= 15 is 0 Å². The van der Waals surface area contributed by atoms with Crippen molar-refractivity contribution in [2.75, 3.05) is 6.61 Å². The van der Waals surface area contributed by atoms with Crippen LogP contribution in [-0.4, -0.2) is 33.7 Å². The van der Waals surface area contributed by atoms with Crippen LogP contribution in [0.1, 0.15) is 49.3 Å². The number of aromatic hydroxyl groups is 2. The van der Waals surface area contributed by atoms with Gasteiger partial charge in [-0.1, -0.05) is 43.9 Å². The number of hydrogen-bond donors (Lipinski definition) is 2. The van der Waals surface area contributed by atoms with Gasteiger partial charge in [0.25, 0.3) is 0 Å². The van der Waals surface area contributed by atoms with Crippen LogP contribution < -0.4 is 4.74 Å².